The maximum atomic E-state index is 10.7. The van der Waals surface area contributed by atoms with Crippen molar-refractivity contribution in [2.24, 2.45) is 0 Å². The zero-order chi connectivity index (χ0) is 10.1. The molecule has 0 aliphatic carbocycles. The molecule has 0 aromatic carbocycles. The number of carboxylic acids is 1. The minimum Gasteiger partial charge on any atom is -0.486 e. The highest BCUT2D eigenvalue weighted by molar-refractivity contribution is 6.31. The average Bonchev–Trinajstić information content (AvgIpc) is 2.17. The molecule has 1 N–H and O–H groups in total. The van der Waals surface area contributed by atoms with Gasteiger partial charge in [-0.05, 0) is 12.1 Å². The summed E-state index contributed by atoms with van der Waals surface area (Å²) in [6.07, 6.45) is 3.54. The Bertz CT molecular complexity index is 428. The molecule has 0 unspecified atom stereocenters. The van der Waals surface area contributed by atoms with Crippen LogP contribution in [0.3, 0.4) is 0 Å². The molecule has 0 saturated heterocycles. The van der Waals surface area contributed by atoms with E-state index in [1.54, 1.807) is 12.2 Å². The van der Waals surface area contributed by atoms with Gasteiger partial charge < -0.3 is 9.84 Å². The molecule has 14 heavy (non-hydrogen) atoms. The molecule has 4 nitrogen and oxygen atoms in total. The third kappa shape index (κ3) is 1.44. The number of nitrogens with zero attached hydrogens (tertiary/aromatic N) is 1. The molecular formula is C9H6ClNO3. The average molecular weight is 212 g/mol. The number of halogens is 1. The van der Waals surface area contributed by atoms with Crippen LogP contribution in [0.25, 0.3) is 6.08 Å². The van der Waals surface area contributed by atoms with Gasteiger partial charge in [0.25, 0.3) is 0 Å². The number of hydrogen-bond donors (Lipinski definition) is 1. The molecule has 2 rings (SSSR count). The predicted octanol–water partition coefficient (Wildman–Crippen LogP) is 1.84. The monoisotopic (exact) mass is 211 g/mol. The van der Waals surface area contributed by atoms with Gasteiger partial charge in [-0.2, -0.15) is 0 Å². The first-order valence-electron chi connectivity index (χ1n) is 3.91. The molecule has 0 saturated carbocycles. The maximum Gasteiger partial charge on any atom is 0.354 e. The fourth-order valence-corrected chi connectivity index (χ4v) is 1.46. The predicted molar refractivity (Wildman–Crippen MR) is 50.7 cm³/mol. The largest absolute Gasteiger partial charge is 0.486 e. The van der Waals surface area contributed by atoms with Crippen LogP contribution in [0, 0.1) is 0 Å². The Morgan fingerprint density at radius 1 is 1.64 bits per heavy atom. The highest BCUT2D eigenvalue weighted by Gasteiger charge is 2.16. The van der Waals surface area contributed by atoms with E-state index in [-0.39, 0.29) is 10.8 Å². The van der Waals surface area contributed by atoms with Crippen LogP contribution >= 0.6 is 11.6 Å². The van der Waals surface area contributed by atoms with E-state index in [0.717, 1.165) is 0 Å². The molecule has 1 aliphatic heterocycles. The topological polar surface area (TPSA) is 59.4 Å². The summed E-state index contributed by atoms with van der Waals surface area (Å²) in [6.45, 7) is 0.431. The highest BCUT2D eigenvalue weighted by atomic mass is 35.5. The molecule has 1 aromatic rings. The van der Waals surface area contributed by atoms with Crippen molar-refractivity contribution in [1.82, 2.24) is 4.98 Å². The Kier molecular flexibility index (Phi) is 2.13. The van der Waals surface area contributed by atoms with Gasteiger partial charge >= 0.3 is 5.97 Å². The van der Waals surface area contributed by atoms with Gasteiger partial charge in [0.2, 0.25) is 0 Å². The second kappa shape index (κ2) is 3.31. The van der Waals surface area contributed by atoms with Crippen LogP contribution in [0.15, 0.2) is 12.1 Å². The maximum absolute atomic E-state index is 10.7. The van der Waals surface area contributed by atoms with Gasteiger partial charge in [0, 0.05) is 5.56 Å². The van der Waals surface area contributed by atoms with E-state index in [4.69, 9.17) is 21.4 Å². The molecule has 5 heteroatoms. The number of carboxylic acid groups (broad SMARTS) is 1. The van der Waals surface area contributed by atoms with Gasteiger partial charge in [0.05, 0.1) is 0 Å². The van der Waals surface area contributed by atoms with Crippen molar-refractivity contribution in [2.45, 2.75) is 0 Å². The number of aromatic nitrogens is 1. The second-order valence-electron chi connectivity index (χ2n) is 2.74. The van der Waals surface area contributed by atoms with Crippen molar-refractivity contribution in [3.8, 4) is 5.75 Å². The molecular weight excluding hydrogens is 206 g/mol. The first-order chi connectivity index (χ1) is 6.68. The lowest BCUT2D eigenvalue weighted by Gasteiger charge is -2.13. The summed E-state index contributed by atoms with van der Waals surface area (Å²) in [5.41, 5.74) is 0.567. The van der Waals surface area contributed by atoms with E-state index in [1.807, 2.05) is 0 Å². The van der Waals surface area contributed by atoms with E-state index in [1.165, 1.54) is 6.07 Å². The number of hydrogen-bond acceptors (Lipinski definition) is 3. The molecule has 0 amide bonds. The van der Waals surface area contributed by atoms with E-state index < -0.39 is 5.97 Å². The van der Waals surface area contributed by atoms with Gasteiger partial charge in [0.15, 0.2) is 16.6 Å². The second-order valence-corrected chi connectivity index (χ2v) is 3.09. The number of pyridine rings is 1. The molecule has 2 heterocycles. The van der Waals surface area contributed by atoms with Gasteiger partial charge in [-0.3, -0.25) is 0 Å². The van der Waals surface area contributed by atoms with Crippen molar-refractivity contribution in [2.75, 3.05) is 6.61 Å². The Labute approximate surface area is 84.8 Å². The van der Waals surface area contributed by atoms with E-state index >= 15 is 0 Å². The fraction of sp³-hybridized carbons (Fsp3) is 0.111. The zero-order valence-corrected chi connectivity index (χ0v) is 7.78. The normalized spacial score (nSPS) is 13.2. The summed E-state index contributed by atoms with van der Waals surface area (Å²) in [7, 11) is 0. The molecule has 1 aliphatic rings. The highest BCUT2D eigenvalue weighted by Crippen LogP contribution is 2.30. The van der Waals surface area contributed by atoms with Crippen LogP contribution in [0.1, 0.15) is 16.1 Å². The number of carbonyl (C=O) groups is 1. The van der Waals surface area contributed by atoms with E-state index in [9.17, 15) is 4.79 Å². The van der Waals surface area contributed by atoms with Crippen molar-refractivity contribution in [3.63, 3.8) is 0 Å². The number of rotatable bonds is 1. The Hall–Kier alpha value is -1.55. The Morgan fingerprint density at radius 2 is 2.43 bits per heavy atom. The van der Waals surface area contributed by atoms with Crippen molar-refractivity contribution in [1.29, 1.82) is 0 Å². The van der Waals surface area contributed by atoms with E-state index in [0.29, 0.717) is 17.9 Å². The minimum atomic E-state index is -1.10. The van der Waals surface area contributed by atoms with Gasteiger partial charge in [-0.1, -0.05) is 17.7 Å². The lowest BCUT2D eigenvalue weighted by Crippen LogP contribution is -2.06. The summed E-state index contributed by atoms with van der Waals surface area (Å²) in [6, 6.07) is 1.43. The number of fused-ring (bicyclic) bond motifs is 1. The standard InChI is InChI=1S/C9H6ClNO3/c10-8-7-5(2-1-3-14-7)4-6(11-8)9(12)13/h1-2,4H,3H2,(H,12,13). The van der Waals surface area contributed by atoms with Crippen LogP contribution in [-0.2, 0) is 0 Å². The zero-order valence-electron chi connectivity index (χ0n) is 7.03. The summed E-state index contributed by atoms with van der Waals surface area (Å²) in [4.78, 5) is 14.3. The van der Waals surface area contributed by atoms with Gasteiger partial charge in [-0.25, -0.2) is 9.78 Å². The van der Waals surface area contributed by atoms with Crippen LogP contribution in [0.4, 0.5) is 0 Å². The molecule has 0 spiro atoms. The smallest absolute Gasteiger partial charge is 0.354 e. The lowest BCUT2D eigenvalue weighted by atomic mass is 10.1. The van der Waals surface area contributed by atoms with Crippen LogP contribution < -0.4 is 4.74 Å². The summed E-state index contributed by atoms with van der Waals surface area (Å²) in [5.74, 6) is -0.659. The molecule has 0 radical (unpaired) electrons. The molecule has 72 valence electrons. The molecule has 0 fully saturated rings. The number of ether oxygens (including phenoxy) is 1. The number of aromatic carboxylic acids is 1. The fourth-order valence-electron chi connectivity index (χ4n) is 1.20. The third-order valence-electron chi connectivity index (χ3n) is 1.80. The van der Waals surface area contributed by atoms with Crippen molar-refractivity contribution >= 4 is 23.6 Å². The minimum absolute atomic E-state index is 0.0797. The SMILES string of the molecule is O=C(O)c1cc2c(c(Cl)n1)OCC=C2. The van der Waals surface area contributed by atoms with Gasteiger partial charge in [0.1, 0.15) is 6.61 Å². The quantitative estimate of drug-likeness (QED) is 0.720. The Morgan fingerprint density at radius 3 is 3.14 bits per heavy atom. The summed E-state index contributed by atoms with van der Waals surface area (Å²) < 4.78 is 5.21. The summed E-state index contributed by atoms with van der Waals surface area (Å²) in [5, 5.41) is 8.81. The van der Waals surface area contributed by atoms with Crippen LogP contribution in [-0.4, -0.2) is 22.7 Å². The summed E-state index contributed by atoms with van der Waals surface area (Å²) >= 11 is 5.76. The molecule has 0 atom stereocenters. The molecule has 0 bridgehead atoms. The van der Waals surface area contributed by atoms with Crippen molar-refractivity contribution < 1.29 is 14.6 Å². The first kappa shape index (κ1) is 9.02. The van der Waals surface area contributed by atoms with E-state index in [2.05, 4.69) is 4.98 Å². The molecule has 1 aromatic heterocycles. The van der Waals surface area contributed by atoms with Crippen molar-refractivity contribution in [3.05, 3.63) is 28.6 Å². The van der Waals surface area contributed by atoms with Crippen LogP contribution in [0.2, 0.25) is 5.15 Å². The van der Waals surface area contributed by atoms with Crippen LogP contribution in [0.5, 0.6) is 5.75 Å². The van der Waals surface area contributed by atoms with Gasteiger partial charge in [-0.15, -0.1) is 0 Å². The lowest BCUT2D eigenvalue weighted by molar-refractivity contribution is 0.0690. The first-order valence-corrected chi connectivity index (χ1v) is 4.29. The third-order valence-corrected chi connectivity index (χ3v) is 2.06. The Balaban J connectivity index is 2.59.